The van der Waals surface area contributed by atoms with Crippen molar-refractivity contribution in [3.63, 3.8) is 0 Å². The lowest BCUT2D eigenvalue weighted by Crippen LogP contribution is -2.39. The molecule has 0 aromatic carbocycles. The van der Waals surface area contributed by atoms with Gasteiger partial charge in [-0.25, -0.2) is 0 Å². The van der Waals surface area contributed by atoms with Crippen molar-refractivity contribution in [1.29, 1.82) is 0 Å². The van der Waals surface area contributed by atoms with Crippen LogP contribution in [0.2, 0.25) is 0 Å². The minimum atomic E-state index is 0.00606. The molecule has 0 bridgehead atoms. The predicted octanol–water partition coefficient (Wildman–Crippen LogP) is 2.43. The molecule has 1 nitrogen and oxygen atoms in total. The average Bonchev–Trinajstić information content (AvgIpc) is 2.04. The minimum Gasteiger partial charge on any atom is -0.393 e. The summed E-state index contributed by atoms with van der Waals surface area (Å²) >= 11 is 2.11. The summed E-state index contributed by atoms with van der Waals surface area (Å²) in [6.45, 7) is 2.25. The third kappa shape index (κ3) is 1.64. The van der Waals surface area contributed by atoms with E-state index in [0.29, 0.717) is 11.2 Å². The number of rotatable bonds is 0. The monoisotopic (exact) mass is 186 g/mol. The first-order valence-corrected chi connectivity index (χ1v) is 6.05. The highest BCUT2D eigenvalue weighted by Gasteiger charge is 2.36. The van der Waals surface area contributed by atoms with Crippen molar-refractivity contribution in [3.8, 4) is 0 Å². The maximum Gasteiger partial charge on any atom is 0.0589 e. The fourth-order valence-electron chi connectivity index (χ4n) is 2.60. The van der Waals surface area contributed by atoms with E-state index in [2.05, 4.69) is 18.7 Å². The molecule has 1 N–H and O–H groups in total. The SMILES string of the molecule is C[C@H]1C[C@H](O)[C@@H]2CCCC[C@@H]2S1. The smallest absolute Gasteiger partial charge is 0.0589 e. The van der Waals surface area contributed by atoms with Crippen LogP contribution in [0.1, 0.15) is 39.0 Å². The van der Waals surface area contributed by atoms with E-state index < -0.39 is 0 Å². The number of fused-ring (bicyclic) bond motifs is 1. The van der Waals surface area contributed by atoms with Crippen LogP contribution in [-0.4, -0.2) is 21.7 Å². The van der Waals surface area contributed by atoms with Crippen LogP contribution in [-0.2, 0) is 0 Å². The molecule has 2 fully saturated rings. The molecule has 70 valence electrons. The maximum atomic E-state index is 9.86. The van der Waals surface area contributed by atoms with Crippen molar-refractivity contribution >= 4 is 11.8 Å². The molecule has 0 aromatic heterocycles. The topological polar surface area (TPSA) is 20.2 Å². The summed E-state index contributed by atoms with van der Waals surface area (Å²) in [6.07, 6.45) is 6.36. The zero-order valence-electron chi connectivity index (χ0n) is 7.70. The summed E-state index contributed by atoms with van der Waals surface area (Å²) < 4.78 is 0. The number of hydrogen-bond donors (Lipinski definition) is 1. The van der Waals surface area contributed by atoms with Crippen LogP contribution in [0.5, 0.6) is 0 Å². The molecule has 2 aliphatic rings. The third-order valence-electron chi connectivity index (χ3n) is 3.23. The molecule has 1 saturated carbocycles. The van der Waals surface area contributed by atoms with Crippen LogP contribution in [0.15, 0.2) is 0 Å². The van der Waals surface area contributed by atoms with Crippen LogP contribution in [0, 0.1) is 5.92 Å². The molecule has 1 aliphatic heterocycles. The summed E-state index contributed by atoms with van der Waals surface area (Å²) in [5, 5.41) is 11.3. The second-order valence-electron chi connectivity index (χ2n) is 4.24. The molecule has 0 amide bonds. The highest BCUT2D eigenvalue weighted by atomic mass is 32.2. The molecule has 2 rings (SSSR count). The predicted molar refractivity (Wildman–Crippen MR) is 53.4 cm³/mol. The van der Waals surface area contributed by atoms with Gasteiger partial charge in [0, 0.05) is 10.5 Å². The van der Waals surface area contributed by atoms with Gasteiger partial charge in [0.1, 0.15) is 0 Å². The van der Waals surface area contributed by atoms with Gasteiger partial charge in [-0.1, -0.05) is 19.8 Å². The Kier molecular flexibility index (Phi) is 2.66. The van der Waals surface area contributed by atoms with E-state index in [1.807, 2.05) is 0 Å². The summed E-state index contributed by atoms with van der Waals surface area (Å²) in [7, 11) is 0. The molecule has 1 heterocycles. The number of hydrogen-bond acceptors (Lipinski definition) is 2. The van der Waals surface area contributed by atoms with Crippen molar-refractivity contribution in [2.45, 2.75) is 55.6 Å². The van der Waals surface area contributed by atoms with Gasteiger partial charge in [0.15, 0.2) is 0 Å². The van der Waals surface area contributed by atoms with Crippen molar-refractivity contribution in [2.75, 3.05) is 0 Å². The molecule has 0 radical (unpaired) electrons. The van der Waals surface area contributed by atoms with Crippen LogP contribution >= 0.6 is 11.8 Å². The molecule has 0 aromatic rings. The number of thioether (sulfide) groups is 1. The van der Waals surface area contributed by atoms with E-state index in [4.69, 9.17) is 0 Å². The average molecular weight is 186 g/mol. The van der Waals surface area contributed by atoms with Crippen LogP contribution in [0.25, 0.3) is 0 Å². The van der Waals surface area contributed by atoms with Crippen molar-refractivity contribution in [3.05, 3.63) is 0 Å². The molecule has 0 unspecified atom stereocenters. The third-order valence-corrected chi connectivity index (χ3v) is 4.82. The summed E-state index contributed by atoms with van der Waals surface area (Å²) in [5.41, 5.74) is 0. The highest BCUT2D eigenvalue weighted by molar-refractivity contribution is 8.00. The molecule has 1 saturated heterocycles. The maximum absolute atomic E-state index is 9.86. The summed E-state index contributed by atoms with van der Waals surface area (Å²) in [5.74, 6) is 0.625. The first-order valence-electron chi connectivity index (χ1n) is 5.11. The van der Waals surface area contributed by atoms with Gasteiger partial charge < -0.3 is 5.11 Å². The van der Waals surface area contributed by atoms with Crippen LogP contribution in [0.3, 0.4) is 0 Å². The van der Waals surface area contributed by atoms with Gasteiger partial charge in [0.2, 0.25) is 0 Å². The molecule has 2 heteroatoms. The van der Waals surface area contributed by atoms with Crippen LogP contribution < -0.4 is 0 Å². The van der Waals surface area contributed by atoms with Crippen molar-refractivity contribution in [1.82, 2.24) is 0 Å². The van der Waals surface area contributed by atoms with E-state index in [1.165, 1.54) is 25.7 Å². The Morgan fingerprint density at radius 2 is 2.00 bits per heavy atom. The Hall–Kier alpha value is 0.310. The lowest BCUT2D eigenvalue weighted by atomic mass is 9.83. The molecular formula is C10H18OS. The molecule has 0 spiro atoms. The standard InChI is InChI=1S/C10H18OS/c1-7-6-9(11)8-4-2-3-5-10(8)12-7/h7-11H,2-6H2,1H3/t7-,8-,9-,10-/m0/s1. The van der Waals surface area contributed by atoms with E-state index in [1.54, 1.807) is 0 Å². The normalized spacial score (nSPS) is 48.5. The Morgan fingerprint density at radius 1 is 1.25 bits per heavy atom. The van der Waals surface area contributed by atoms with Gasteiger partial charge in [-0.2, -0.15) is 11.8 Å². The lowest BCUT2D eigenvalue weighted by molar-refractivity contribution is 0.0753. The Bertz CT molecular complexity index is 160. The first-order chi connectivity index (χ1) is 5.77. The zero-order valence-corrected chi connectivity index (χ0v) is 8.52. The van der Waals surface area contributed by atoms with Gasteiger partial charge >= 0.3 is 0 Å². The fourth-order valence-corrected chi connectivity index (χ4v) is 4.33. The van der Waals surface area contributed by atoms with Crippen LogP contribution in [0.4, 0.5) is 0 Å². The summed E-state index contributed by atoms with van der Waals surface area (Å²) in [4.78, 5) is 0. The molecule has 12 heavy (non-hydrogen) atoms. The molecule has 1 aliphatic carbocycles. The largest absolute Gasteiger partial charge is 0.393 e. The van der Waals surface area contributed by atoms with Gasteiger partial charge in [-0.15, -0.1) is 0 Å². The van der Waals surface area contributed by atoms with Gasteiger partial charge in [-0.05, 0) is 25.2 Å². The Labute approximate surface area is 78.9 Å². The quantitative estimate of drug-likeness (QED) is 0.627. The van der Waals surface area contributed by atoms with E-state index in [9.17, 15) is 5.11 Å². The van der Waals surface area contributed by atoms with Gasteiger partial charge in [0.05, 0.1) is 6.10 Å². The minimum absolute atomic E-state index is 0.00606. The van der Waals surface area contributed by atoms with Gasteiger partial charge in [0.25, 0.3) is 0 Å². The second-order valence-corrected chi connectivity index (χ2v) is 5.92. The summed E-state index contributed by atoms with van der Waals surface area (Å²) in [6, 6.07) is 0. The lowest BCUT2D eigenvalue weighted by Gasteiger charge is -2.41. The van der Waals surface area contributed by atoms with Gasteiger partial charge in [-0.3, -0.25) is 0 Å². The number of aliphatic hydroxyl groups excluding tert-OH is 1. The first kappa shape index (κ1) is 8.89. The zero-order chi connectivity index (χ0) is 8.55. The van der Waals surface area contributed by atoms with E-state index in [-0.39, 0.29) is 6.10 Å². The molecular weight excluding hydrogens is 168 g/mol. The Balaban J connectivity index is 2.01. The second kappa shape index (κ2) is 3.59. The highest BCUT2D eigenvalue weighted by Crippen LogP contribution is 2.43. The van der Waals surface area contributed by atoms with E-state index in [0.717, 1.165) is 11.7 Å². The van der Waals surface area contributed by atoms with E-state index >= 15 is 0 Å². The fraction of sp³-hybridized carbons (Fsp3) is 1.00. The molecule has 4 atom stereocenters. The van der Waals surface area contributed by atoms with Crippen molar-refractivity contribution in [2.24, 2.45) is 5.92 Å². The Morgan fingerprint density at radius 3 is 2.83 bits per heavy atom. The van der Waals surface area contributed by atoms with Crippen molar-refractivity contribution < 1.29 is 5.11 Å². The number of aliphatic hydroxyl groups is 1.